The van der Waals surface area contributed by atoms with Crippen LogP contribution in [0.1, 0.15) is 22.3 Å². The van der Waals surface area contributed by atoms with Crippen LogP contribution in [0.5, 0.6) is 5.75 Å². The summed E-state index contributed by atoms with van der Waals surface area (Å²) in [5, 5.41) is 0. The maximum absolute atomic E-state index is 12.5. The summed E-state index contributed by atoms with van der Waals surface area (Å²) in [5.74, 6) is -0.376. The summed E-state index contributed by atoms with van der Waals surface area (Å²) in [6.07, 6.45) is 0. The highest BCUT2D eigenvalue weighted by Gasteiger charge is 2.41. The summed E-state index contributed by atoms with van der Waals surface area (Å²) in [7, 11) is -12.3. The summed E-state index contributed by atoms with van der Waals surface area (Å²) < 4.78 is 89.6. The van der Waals surface area contributed by atoms with Crippen LogP contribution in [0.2, 0.25) is 0 Å². The first-order valence-corrected chi connectivity index (χ1v) is 14.1. The summed E-state index contributed by atoms with van der Waals surface area (Å²) in [5.41, 5.74) is -1.58. The number of hydrogen-bond donors (Lipinski definition) is 0. The van der Waals surface area contributed by atoms with Gasteiger partial charge in [-0.15, -0.1) is 0 Å². The average molecular weight is 546 g/mol. The van der Waals surface area contributed by atoms with E-state index >= 15 is 0 Å². The Hall–Kier alpha value is -2.54. The van der Waals surface area contributed by atoms with Gasteiger partial charge in [-0.25, -0.2) is 16.8 Å². The van der Waals surface area contributed by atoms with E-state index in [4.69, 9.17) is 0 Å². The number of hydrogen-bond acceptors (Lipinski definition) is 5. The molecule has 0 spiro atoms. The van der Waals surface area contributed by atoms with Crippen molar-refractivity contribution < 1.29 is 34.2 Å². The molecule has 188 valence electrons. The molecule has 3 aromatic rings. The van der Waals surface area contributed by atoms with Crippen molar-refractivity contribution in [2.24, 2.45) is 0 Å². The van der Waals surface area contributed by atoms with Gasteiger partial charge in [0.1, 0.15) is 5.75 Å². The SMILES string of the molecule is Cc1cc(C)cc([S+](c2ccc(OS(=O)(=O)[N-]S(=O)(=O)C(F)(F)F)cc2)c2cc(C)cc(C)c2)c1. The molecule has 0 heterocycles. The maximum atomic E-state index is 12.5. The van der Waals surface area contributed by atoms with Crippen molar-refractivity contribution in [3.63, 3.8) is 0 Å². The Morgan fingerprint density at radius 2 is 1.09 bits per heavy atom. The normalized spacial score (nSPS) is 12.7. The summed E-state index contributed by atoms with van der Waals surface area (Å²) >= 11 is 0. The molecule has 0 aliphatic carbocycles. The van der Waals surface area contributed by atoms with E-state index in [-0.39, 0.29) is 5.75 Å². The van der Waals surface area contributed by atoms with Crippen LogP contribution >= 0.6 is 0 Å². The Balaban J connectivity index is 1.99. The molecule has 0 aliphatic rings. The van der Waals surface area contributed by atoms with Crippen LogP contribution in [0.3, 0.4) is 0 Å². The van der Waals surface area contributed by atoms with E-state index in [0.29, 0.717) is 0 Å². The Labute approximate surface area is 205 Å². The lowest BCUT2D eigenvalue weighted by Gasteiger charge is -2.21. The molecule has 0 aromatic heterocycles. The van der Waals surface area contributed by atoms with Gasteiger partial charge in [0.25, 0.3) is 0 Å². The van der Waals surface area contributed by atoms with Crippen molar-refractivity contribution in [3.05, 3.63) is 87.0 Å². The number of halogens is 3. The van der Waals surface area contributed by atoms with Gasteiger partial charge in [-0.2, -0.15) is 13.2 Å². The number of benzene rings is 3. The largest absolute Gasteiger partial charge is 0.480 e. The third-order valence-electron chi connectivity index (χ3n) is 4.60. The maximum Gasteiger partial charge on any atom is 0.480 e. The first-order valence-electron chi connectivity index (χ1n) is 10.1. The van der Waals surface area contributed by atoms with Crippen LogP contribution in [0, 0.1) is 27.7 Å². The van der Waals surface area contributed by atoms with Gasteiger partial charge in [0, 0.05) is 0 Å². The number of nitrogens with zero attached hydrogens (tertiary/aromatic N) is 1. The van der Waals surface area contributed by atoms with Crippen LogP contribution < -0.4 is 4.18 Å². The molecule has 0 saturated carbocycles. The third kappa shape index (κ3) is 6.78. The van der Waals surface area contributed by atoms with Crippen molar-refractivity contribution in [3.8, 4) is 5.75 Å². The molecule has 0 saturated heterocycles. The minimum Gasteiger partial charge on any atom is -0.395 e. The molecule has 0 radical (unpaired) electrons. The highest BCUT2D eigenvalue weighted by atomic mass is 32.3. The van der Waals surface area contributed by atoms with Crippen molar-refractivity contribution in [1.29, 1.82) is 0 Å². The lowest BCUT2D eigenvalue weighted by atomic mass is 10.2. The molecule has 0 fully saturated rings. The number of sulfonamides is 1. The van der Waals surface area contributed by atoms with E-state index in [1.54, 1.807) is 12.1 Å². The lowest BCUT2D eigenvalue weighted by Crippen LogP contribution is -2.25. The molecule has 0 atom stereocenters. The van der Waals surface area contributed by atoms with Crippen LogP contribution in [-0.4, -0.2) is 22.3 Å². The van der Waals surface area contributed by atoms with E-state index < -0.39 is 36.7 Å². The van der Waals surface area contributed by atoms with Gasteiger partial charge in [-0.05, 0) is 98.5 Å². The molecule has 3 aromatic carbocycles. The van der Waals surface area contributed by atoms with Gasteiger partial charge in [0.2, 0.25) is 10.3 Å². The average Bonchev–Trinajstić information content (AvgIpc) is 2.66. The molecule has 0 N–H and O–H groups in total. The standard InChI is InChI=1S/C23H22F3NO5S3/c1-15-9-16(2)12-21(11-15)33(22-13-17(3)10-18(4)14-22)20-7-5-19(6-8-20)32-35(30,31)27-34(28,29)23(24,25)26/h5-14H,1-4H3. The van der Waals surface area contributed by atoms with E-state index in [1.807, 2.05) is 44.0 Å². The van der Waals surface area contributed by atoms with E-state index in [9.17, 15) is 30.0 Å². The van der Waals surface area contributed by atoms with E-state index in [1.165, 1.54) is 12.1 Å². The molecule has 35 heavy (non-hydrogen) atoms. The molecule has 12 heteroatoms. The summed E-state index contributed by atoms with van der Waals surface area (Å²) in [4.78, 5) is 2.85. The molecular weight excluding hydrogens is 523 g/mol. The zero-order valence-corrected chi connectivity index (χ0v) is 21.6. The topological polar surface area (TPSA) is 91.6 Å². The van der Waals surface area contributed by atoms with Crippen molar-refractivity contribution in [2.45, 2.75) is 47.9 Å². The first kappa shape index (κ1) is 27.1. The molecule has 0 unspecified atom stereocenters. The highest BCUT2D eigenvalue weighted by Crippen LogP contribution is 2.35. The van der Waals surface area contributed by atoms with Crippen molar-refractivity contribution in [1.82, 2.24) is 0 Å². The Bertz CT molecular complexity index is 1360. The second-order valence-electron chi connectivity index (χ2n) is 7.93. The zero-order valence-electron chi connectivity index (χ0n) is 19.1. The van der Waals surface area contributed by atoms with Crippen molar-refractivity contribution in [2.75, 3.05) is 0 Å². The molecule has 0 aliphatic heterocycles. The zero-order chi connectivity index (χ0) is 26.2. The van der Waals surface area contributed by atoms with Gasteiger partial charge in [-0.3, -0.25) is 0 Å². The second kappa shape index (κ2) is 9.84. The minimum absolute atomic E-state index is 0.376. The second-order valence-corrected chi connectivity index (χ2v) is 13.0. The fourth-order valence-electron chi connectivity index (χ4n) is 3.44. The Morgan fingerprint density at radius 1 is 0.686 bits per heavy atom. The number of aryl methyl sites for hydroxylation is 4. The minimum atomic E-state index is -6.27. The van der Waals surface area contributed by atoms with Gasteiger partial charge in [0.05, 0.1) is 10.9 Å². The predicted molar refractivity (Wildman–Crippen MR) is 128 cm³/mol. The molecule has 0 amide bonds. The van der Waals surface area contributed by atoms with Crippen LogP contribution in [0.25, 0.3) is 4.13 Å². The smallest absolute Gasteiger partial charge is 0.395 e. The van der Waals surface area contributed by atoms with E-state index in [2.05, 4.69) is 28.4 Å². The Kier molecular flexibility index (Phi) is 7.61. The van der Waals surface area contributed by atoms with Gasteiger partial charge >= 0.3 is 5.51 Å². The molecule has 6 nitrogen and oxygen atoms in total. The summed E-state index contributed by atoms with van der Waals surface area (Å²) in [6.45, 7) is 7.94. The third-order valence-corrected chi connectivity index (χ3v) is 9.27. The monoisotopic (exact) mass is 545 g/mol. The van der Waals surface area contributed by atoms with E-state index in [0.717, 1.165) is 36.9 Å². The molecule has 0 bridgehead atoms. The first-order chi connectivity index (χ1) is 16.1. The predicted octanol–water partition coefficient (Wildman–Crippen LogP) is 5.86. The Morgan fingerprint density at radius 3 is 1.46 bits per heavy atom. The lowest BCUT2D eigenvalue weighted by molar-refractivity contribution is -0.0425. The highest BCUT2D eigenvalue weighted by molar-refractivity contribution is 8.10. The quantitative estimate of drug-likeness (QED) is 0.347. The number of alkyl halides is 3. The van der Waals surface area contributed by atoms with Crippen LogP contribution in [0.15, 0.2) is 75.4 Å². The molecular formula is C23H22F3NO5S3. The summed E-state index contributed by atoms with van der Waals surface area (Å²) in [6, 6.07) is 18.0. The molecule has 3 rings (SSSR count). The van der Waals surface area contributed by atoms with Crippen LogP contribution in [0.4, 0.5) is 13.2 Å². The fourth-order valence-corrected chi connectivity index (χ4v) is 7.66. The number of rotatable bonds is 7. The van der Waals surface area contributed by atoms with Crippen LogP contribution in [-0.2, 0) is 31.2 Å². The fraction of sp³-hybridized carbons (Fsp3) is 0.217. The van der Waals surface area contributed by atoms with Gasteiger partial charge in [0.15, 0.2) is 24.7 Å². The van der Waals surface area contributed by atoms with Crippen molar-refractivity contribution >= 4 is 31.2 Å². The van der Waals surface area contributed by atoms with Gasteiger partial charge in [-0.1, -0.05) is 12.1 Å². The van der Waals surface area contributed by atoms with Gasteiger partial charge < -0.3 is 8.31 Å².